The zero-order chi connectivity index (χ0) is 29.7. The van der Waals surface area contributed by atoms with Crippen molar-refractivity contribution in [1.29, 1.82) is 0 Å². The largest absolute Gasteiger partial charge is 0.491 e. The summed E-state index contributed by atoms with van der Waals surface area (Å²) < 4.78 is 17.7. The Morgan fingerprint density at radius 3 is 2.43 bits per heavy atom. The highest BCUT2D eigenvalue weighted by Gasteiger charge is 2.34. The normalized spacial score (nSPS) is 18.8. The second-order valence-corrected chi connectivity index (χ2v) is 12.8. The molecule has 0 amide bonds. The molecule has 2 aliphatic rings. The molecule has 0 saturated heterocycles. The summed E-state index contributed by atoms with van der Waals surface area (Å²) in [5.74, 6) is 0.696. The van der Waals surface area contributed by atoms with Crippen LogP contribution in [0.15, 0.2) is 66.7 Å². The van der Waals surface area contributed by atoms with Gasteiger partial charge in [-0.25, -0.2) is 9.59 Å². The molecule has 3 aromatic carbocycles. The monoisotopic (exact) mass is 589 g/mol. The lowest BCUT2D eigenvalue weighted by Gasteiger charge is -2.41. The molecule has 1 saturated carbocycles. The number of carbonyl (C=O) groups excluding carboxylic acids is 2. The third-order valence-corrected chi connectivity index (χ3v) is 8.26. The Kier molecular flexibility index (Phi) is 9.42. The van der Waals surface area contributed by atoms with E-state index in [1.807, 2.05) is 57.2 Å². The van der Waals surface area contributed by atoms with E-state index in [1.165, 1.54) is 11.1 Å². The van der Waals surface area contributed by atoms with E-state index in [0.29, 0.717) is 36.8 Å². The van der Waals surface area contributed by atoms with Crippen LogP contribution in [0.1, 0.15) is 78.3 Å². The molecule has 222 valence electrons. The maximum atomic E-state index is 13.1. The van der Waals surface area contributed by atoms with Crippen molar-refractivity contribution in [3.63, 3.8) is 0 Å². The fourth-order valence-corrected chi connectivity index (χ4v) is 5.80. The molecule has 3 aromatic rings. The highest BCUT2D eigenvalue weighted by molar-refractivity contribution is 6.30. The van der Waals surface area contributed by atoms with Gasteiger partial charge in [-0.1, -0.05) is 35.9 Å². The smallest absolute Gasteiger partial charge is 0.338 e. The number of fused-ring (bicyclic) bond motifs is 2. The first-order valence-corrected chi connectivity index (χ1v) is 15.3. The van der Waals surface area contributed by atoms with Crippen LogP contribution in [0.3, 0.4) is 0 Å². The summed E-state index contributed by atoms with van der Waals surface area (Å²) in [5.41, 5.74) is 3.77. The quantitative estimate of drug-likeness (QED) is 0.272. The van der Waals surface area contributed by atoms with Crippen LogP contribution in [0.4, 0.5) is 5.69 Å². The number of ether oxygens (including phenoxy) is 3. The van der Waals surface area contributed by atoms with Crippen molar-refractivity contribution in [3.05, 3.63) is 94.0 Å². The summed E-state index contributed by atoms with van der Waals surface area (Å²) >= 11 is 6.41. The molecule has 1 fully saturated rings. The SMILES string of the molecule is CC(C)(C)OC(=O)c1ccc2c(c1)N(C[C@@H]1CC[C@H]1COC(=O)c1ccccc1)Cc1ccc(Cl)cc1CCCCO2. The predicted molar refractivity (Wildman–Crippen MR) is 165 cm³/mol. The zero-order valence-electron chi connectivity index (χ0n) is 24.7. The third kappa shape index (κ3) is 7.65. The molecule has 0 aromatic heterocycles. The van der Waals surface area contributed by atoms with Gasteiger partial charge in [-0.3, -0.25) is 0 Å². The number of aryl methyl sites for hydroxylation is 1. The molecule has 0 radical (unpaired) electrons. The number of benzene rings is 3. The molecule has 6 nitrogen and oxygen atoms in total. The number of rotatable bonds is 6. The molecule has 1 aliphatic carbocycles. The number of hydrogen-bond acceptors (Lipinski definition) is 6. The van der Waals surface area contributed by atoms with E-state index in [-0.39, 0.29) is 17.9 Å². The lowest BCUT2D eigenvalue weighted by molar-refractivity contribution is 0.00691. The van der Waals surface area contributed by atoms with Crippen LogP contribution in [0, 0.1) is 11.8 Å². The number of nitrogens with zero attached hydrogens (tertiary/aromatic N) is 1. The van der Waals surface area contributed by atoms with Crippen molar-refractivity contribution in [2.75, 3.05) is 24.7 Å². The molecule has 1 aliphatic heterocycles. The van der Waals surface area contributed by atoms with Gasteiger partial charge in [0.2, 0.25) is 0 Å². The Morgan fingerprint density at radius 1 is 0.905 bits per heavy atom. The molecule has 7 heteroatoms. The third-order valence-electron chi connectivity index (χ3n) is 8.03. The van der Waals surface area contributed by atoms with E-state index in [0.717, 1.165) is 55.1 Å². The summed E-state index contributed by atoms with van der Waals surface area (Å²) in [4.78, 5) is 28.0. The van der Waals surface area contributed by atoms with Gasteiger partial charge < -0.3 is 19.1 Å². The summed E-state index contributed by atoms with van der Waals surface area (Å²) in [7, 11) is 0. The minimum absolute atomic E-state index is 0.263. The van der Waals surface area contributed by atoms with Gasteiger partial charge in [0, 0.05) is 18.1 Å². The first kappa shape index (κ1) is 30.0. The average Bonchev–Trinajstić information content (AvgIpc) is 2.97. The topological polar surface area (TPSA) is 65.1 Å². The molecule has 2 atom stereocenters. The number of esters is 2. The first-order valence-electron chi connectivity index (χ1n) is 14.9. The van der Waals surface area contributed by atoms with E-state index in [2.05, 4.69) is 17.0 Å². The van der Waals surface area contributed by atoms with Crippen LogP contribution in [0.5, 0.6) is 5.75 Å². The molecule has 42 heavy (non-hydrogen) atoms. The van der Waals surface area contributed by atoms with Crippen LogP contribution in [0.25, 0.3) is 0 Å². The van der Waals surface area contributed by atoms with Crippen molar-refractivity contribution in [1.82, 2.24) is 0 Å². The molecule has 0 N–H and O–H groups in total. The Morgan fingerprint density at radius 2 is 1.69 bits per heavy atom. The number of carbonyl (C=O) groups is 2. The highest BCUT2D eigenvalue weighted by atomic mass is 35.5. The maximum Gasteiger partial charge on any atom is 0.338 e. The Balaban J connectivity index is 1.42. The lowest BCUT2D eigenvalue weighted by Crippen LogP contribution is -2.40. The highest BCUT2D eigenvalue weighted by Crippen LogP contribution is 2.40. The van der Waals surface area contributed by atoms with Crippen LogP contribution in [-0.2, 0) is 22.4 Å². The van der Waals surface area contributed by atoms with Crippen LogP contribution in [-0.4, -0.2) is 37.3 Å². The summed E-state index contributed by atoms with van der Waals surface area (Å²) in [5, 5.41) is 0.735. The Labute approximate surface area is 253 Å². The van der Waals surface area contributed by atoms with Crippen molar-refractivity contribution >= 4 is 29.2 Å². The number of hydrogen-bond donors (Lipinski definition) is 0. The predicted octanol–water partition coefficient (Wildman–Crippen LogP) is 7.90. The molecule has 5 rings (SSSR count). The molecular weight excluding hydrogens is 550 g/mol. The van der Waals surface area contributed by atoms with Crippen molar-refractivity contribution in [3.8, 4) is 5.75 Å². The fraction of sp³-hybridized carbons (Fsp3) is 0.429. The number of anilines is 1. The van der Waals surface area contributed by atoms with Crippen molar-refractivity contribution in [2.24, 2.45) is 11.8 Å². The number of halogens is 1. The minimum atomic E-state index is -0.598. The Hall–Kier alpha value is -3.51. The van der Waals surface area contributed by atoms with Crippen LogP contribution >= 0.6 is 11.6 Å². The minimum Gasteiger partial charge on any atom is -0.491 e. The van der Waals surface area contributed by atoms with Gasteiger partial charge in [-0.2, -0.15) is 0 Å². The van der Waals surface area contributed by atoms with E-state index < -0.39 is 5.60 Å². The average molecular weight is 590 g/mol. The molecular formula is C35H40ClNO5. The second-order valence-electron chi connectivity index (χ2n) is 12.3. The van der Waals surface area contributed by atoms with Crippen LogP contribution < -0.4 is 9.64 Å². The molecule has 0 unspecified atom stereocenters. The summed E-state index contributed by atoms with van der Waals surface area (Å²) in [6, 6.07) is 20.8. The van der Waals surface area contributed by atoms with Gasteiger partial charge in [0.05, 0.1) is 30.0 Å². The van der Waals surface area contributed by atoms with Crippen molar-refractivity contribution < 1.29 is 23.8 Å². The van der Waals surface area contributed by atoms with Gasteiger partial charge in [-0.05, 0) is 118 Å². The Bertz CT molecular complexity index is 1400. The van der Waals surface area contributed by atoms with E-state index in [4.69, 9.17) is 25.8 Å². The fourth-order valence-electron chi connectivity index (χ4n) is 5.61. The second kappa shape index (κ2) is 13.2. The van der Waals surface area contributed by atoms with Gasteiger partial charge in [0.25, 0.3) is 0 Å². The van der Waals surface area contributed by atoms with Crippen LogP contribution in [0.2, 0.25) is 5.02 Å². The molecule has 0 spiro atoms. The van der Waals surface area contributed by atoms with E-state index in [1.54, 1.807) is 18.2 Å². The summed E-state index contributed by atoms with van der Waals surface area (Å²) in [6.45, 7) is 7.97. The zero-order valence-corrected chi connectivity index (χ0v) is 25.5. The molecule has 0 bridgehead atoms. The van der Waals surface area contributed by atoms with E-state index in [9.17, 15) is 9.59 Å². The first-order chi connectivity index (χ1) is 20.2. The lowest BCUT2D eigenvalue weighted by atomic mass is 9.73. The summed E-state index contributed by atoms with van der Waals surface area (Å²) in [6.07, 6.45) is 4.88. The van der Waals surface area contributed by atoms with Gasteiger partial charge >= 0.3 is 11.9 Å². The maximum absolute atomic E-state index is 13.1. The van der Waals surface area contributed by atoms with Gasteiger partial charge in [0.15, 0.2) is 0 Å². The standard InChI is InChI=1S/C35H40ClNO5/c1-35(2,3)42-34(39)26-15-17-32-31(20-26)37(21-27-14-16-30(36)19-25(27)11-7-8-18-40-32)22-28-12-13-29(28)23-41-33(38)24-9-5-4-6-10-24/h4-6,9-10,14-17,19-20,28-29H,7-8,11-13,18,21-23H2,1-3H3/t28-,29-/m0/s1. The van der Waals surface area contributed by atoms with Gasteiger partial charge in [-0.15, -0.1) is 0 Å². The van der Waals surface area contributed by atoms with Gasteiger partial charge in [0.1, 0.15) is 11.4 Å². The molecule has 1 heterocycles. The van der Waals surface area contributed by atoms with Crippen molar-refractivity contribution in [2.45, 2.75) is 65.0 Å². The van der Waals surface area contributed by atoms with E-state index >= 15 is 0 Å².